The molecular formula is C17H15BrN2O4. The summed E-state index contributed by atoms with van der Waals surface area (Å²) in [4.78, 5) is 12.1. The Morgan fingerprint density at radius 3 is 2.79 bits per heavy atom. The van der Waals surface area contributed by atoms with E-state index in [1.165, 1.54) is 6.21 Å². The molecule has 3 rings (SSSR count). The molecule has 7 heteroatoms. The number of hydrazone groups is 1. The Hall–Kier alpha value is -2.54. The van der Waals surface area contributed by atoms with Crippen LogP contribution in [0.25, 0.3) is 0 Å². The Balaban J connectivity index is 1.72. The van der Waals surface area contributed by atoms with Crippen LogP contribution in [0.5, 0.6) is 17.2 Å². The maximum Gasteiger partial charge on any atom is 0.271 e. The van der Waals surface area contributed by atoms with Gasteiger partial charge in [-0.15, -0.1) is 0 Å². The molecule has 0 fully saturated rings. The maximum absolute atomic E-state index is 12.1. The van der Waals surface area contributed by atoms with Crippen molar-refractivity contribution >= 4 is 28.1 Å². The molecule has 1 aliphatic heterocycles. The van der Waals surface area contributed by atoms with Gasteiger partial charge in [0.05, 0.1) is 6.21 Å². The minimum atomic E-state index is -0.380. The lowest BCUT2D eigenvalue weighted by atomic mass is 10.1. The van der Waals surface area contributed by atoms with E-state index >= 15 is 0 Å². The van der Waals surface area contributed by atoms with Gasteiger partial charge in [-0.2, -0.15) is 5.10 Å². The quantitative estimate of drug-likeness (QED) is 0.623. The van der Waals surface area contributed by atoms with Gasteiger partial charge in [-0.05, 0) is 42.8 Å². The molecular weight excluding hydrogens is 376 g/mol. The number of phenols is 1. The van der Waals surface area contributed by atoms with Crippen molar-refractivity contribution in [1.29, 1.82) is 0 Å². The highest BCUT2D eigenvalue weighted by molar-refractivity contribution is 9.10. The zero-order valence-corrected chi connectivity index (χ0v) is 14.5. The molecule has 6 nitrogen and oxygen atoms in total. The van der Waals surface area contributed by atoms with E-state index in [2.05, 4.69) is 26.5 Å². The van der Waals surface area contributed by atoms with E-state index in [4.69, 9.17) is 9.47 Å². The summed E-state index contributed by atoms with van der Waals surface area (Å²) >= 11 is 3.35. The summed E-state index contributed by atoms with van der Waals surface area (Å²) in [5.41, 5.74) is 4.05. The molecule has 0 radical (unpaired) electrons. The lowest BCUT2D eigenvalue weighted by Gasteiger charge is -2.18. The molecule has 0 unspecified atom stereocenters. The molecule has 1 aliphatic rings. The van der Waals surface area contributed by atoms with E-state index in [0.29, 0.717) is 41.4 Å². The number of hydrogen-bond acceptors (Lipinski definition) is 5. The Labute approximate surface area is 147 Å². The Kier molecular flexibility index (Phi) is 4.71. The van der Waals surface area contributed by atoms with Crippen LogP contribution in [-0.2, 0) is 0 Å². The van der Waals surface area contributed by atoms with Crippen LogP contribution in [-0.4, -0.2) is 30.4 Å². The van der Waals surface area contributed by atoms with Crippen molar-refractivity contribution in [3.8, 4) is 17.2 Å². The topological polar surface area (TPSA) is 80.2 Å². The predicted octanol–water partition coefficient (Wildman–Crippen LogP) is 3.00. The summed E-state index contributed by atoms with van der Waals surface area (Å²) in [6.07, 6.45) is 1.39. The first-order valence-electron chi connectivity index (χ1n) is 7.27. The molecule has 2 N–H and O–H groups in total. The molecule has 0 atom stereocenters. The second-order valence-electron chi connectivity index (χ2n) is 5.22. The molecule has 0 bridgehead atoms. The highest BCUT2D eigenvalue weighted by Crippen LogP contribution is 2.30. The van der Waals surface area contributed by atoms with Crippen LogP contribution in [0, 0.1) is 6.92 Å². The summed E-state index contributed by atoms with van der Waals surface area (Å²) in [6.45, 7) is 2.74. The Morgan fingerprint density at radius 1 is 1.25 bits per heavy atom. The molecule has 1 heterocycles. The summed E-state index contributed by atoms with van der Waals surface area (Å²) in [5, 5.41) is 13.9. The third kappa shape index (κ3) is 3.51. The van der Waals surface area contributed by atoms with E-state index in [-0.39, 0.29) is 11.7 Å². The van der Waals surface area contributed by atoms with Crippen molar-refractivity contribution in [3.63, 3.8) is 0 Å². The van der Waals surface area contributed by atoms with E-state index in [0.717, 1.165) is 4.47 Å². The largest absolute Gasteiger partial charge is 0.507 e. The number of ether oxygens (including phenoxy) is 2. The van der Waals surface area contributed by atoms with Gasteiger partial charge in [0.2, 0.25) is 0 Å². The minimum absolute atomic E-state index is 0.121. The van der Waals surface area contributed by atoms with Crippen LogP contribution in [0.3, 0.4) is 0 Å². The van der Waals surface area contributed by atoms with E-state index in [1.807, 2.05) is 0 Å². The molecule has 0 spiro atoms. The number of benzene rings is 2. The fourth-order valence-corrected chi connectivity index (χ4v) is 2.86. The average Bonchev–Trinajstić information content (AvgIpc) is 2.58. The van der Waals surface area contributed by atoms with Gasteiger partial charge in [0.15, 0.2) is 11.5 Å². The smallest absolute Gasteiger partial charge is 0.271 e. The fourth-order valence-electron chi connectivity index (χ4n) is 2.27. The van der Waals surface area contributed by atoms with E-state index in [1.54, 1.807) is 37.3 Å². The van der Waals surface area contributed by atoms with Crippen LogP contribution in [0.2, 0.25) is 0 Å². The fraction of sp³-hybridized carbons (Fsp3) is 0.176. The number of aromatic hydroxyl groups is 1. The predicted molar refractivity (Wildman–Crippen MR) is 93.0 cm³/mol. The van der Waals surface area contributed by atoms with E-state index in [9.17, 15) is 9.90 Å². The number of nitrogens with zero attached hydrogens (tertiary/aromatic N) is 1. The third-order valence-corrected chi connectivity index (χ3v) is 3.93. The lowest BCUT2D eigenvalue weighted by Crippen LogP contribution is -2.19. The van der Waals surface area contributed by atoms with Crippen molar-refractivity contribution in [3.05, 3.63) is 51.5 Å². The van der Waals surface area contributed by atoms with Crippen molar-refractivity contribution in [2.45, 2.75) is 6.92 Å². The number of carbonyl (C=O) groups excluding carboxylic acids is 1. The van der Waals surface area contributed by atoms with Gasteiger partial charge >= 0.3 is 0 Å². The third-order valence-electron chi connectivity index (χ3n) is 3.47. The average molecular weight is 391 g/mol. The first-order chi connectivity index (χ1) is 11.5. The molecule has 2 aromatic carbocycles. The summed E-state index contributed by atoms with van der Waals surface area (Å²) in [5.74, 6) is 0.902. The normalized spacial score (nSPS) is 13.1. The van der Waals surface area contributed by atoms with Crippen molar-refractivity contribution in [1.82, 2.24) is 5.43 Å². The number of phenolic OH excluding ortho intramolecular Hbond substituents is 1. The maximum atomic E-state index is 12.1. The van der Waals surface area contributed by atoms with Crippen LogP contribution in [0.15, 0.2) is 39.9 Å². The minimum Gasteiger partial charge on any atom is -0.507 e. The van der Waals surface area contributed by atoms with Gasteiger partial charge < -0.3 is 14.6 Å². The van der Waals surface area contributed by atoms with Gasteiger partial charge in [0, 0.05) is 15.6 Å². The highest BCUT2D eigenvalue weighted by Gasteiger charge is 2.14. The molecule has 0 aromatic heterocycles. The number of hydrogen-bond donors (Lipinski definition) is 2. The van der Waals surface area contributed by atoms with Crippen LogP contribution in [0.4, 0.5) is 0 Å². The van der Waals surface area contributed by atoms with Crippen molar-refractivity contribution < 1.29 is 19.4 Å². The van der Waals surface area contributed by atoms with Crippen LogP contribution in [0.1, 0.15) is 21.5 Å². The van der Waals surface area contributed by atoms with Gasteiger partial charge in [0.25, 0.3) is 5.91 Å². The molecule has 1 amide bonds. The van der Waals surface area contributed by atoms with E-state index < -0.39 is 0 Å². The zero-order valence-electron chi connectivity index (χ0n) is 12.9. The number of halogens is 1. The molecule has 124 valence electrons. The van der Waals surface area contributed by atoms with Gasteiger partial charge in [-0.3, -0.25) is 4.79 Å². The number of rotatable bonds is 3. The summed E-state index contributed by atoms with van der Waals surface area (Å²) in [6, 6.07) is 8.44. The highest BCUT2D eigenvalue weighted by atomic mass is 79.9. The molecule has 0 saturated heterocycles. The van der Waals surface area contributed by atoms with Gasteiger partial charge in [0.1, 0.15) is 19.0 Å². The van der Waals surface area contributed by atoms with Crippen molar-refractivity contribution in [2.75, 3.05) is 13.2 Å². The summed E-state index contributed by atoms with van der Waals surface area (Å²) < 4.78 is 11.7. The number of amides is 1. The first kappa shape index (κ1) is 16.3. The number of nitrogens with one attached hydrogen (secondary N) is 1. The Morgan fingerprint density at radius 2 is 2.00 bits per heavy atom. The first-order valence-corrected chi connectivity index (χ1v) is 8.06. The number of carbonyl (C=O) groups is 1. The number of fused-ring (bicyclic) bond motifs is 1. The van der Waals surface area contributed by atoms with Gasteiger partial charge in [-0.25, -0.2) is 5.43 Å². The standard InChI is InChI=1S/C17H15BrN2O4/c1-10-6-13(18)7-12(16(10)21)9-19-20-17(22)11-2-3-14-15(8-11)24-5-4-23-14/h2-3,6-9,21H,4-5H2,1H3,(H,20,22)/b19-9+. The second kappa shape index (κ2) is 6.92. The van der Waals surface area contributed by atoms with Crippen molar-refractivity contribution in [2.24, 2.45) is 5.10 Å². The monoisotopic (exact) mass is 390 g/mol. The molecule has 24 heavy (non-hydrogen) atoms. The number of aryl methyl sites for hydroxylation is 1. The van der Waals surface area contributed by atoms with Crippen LogP contribution >= 0.6 is 15.9 Å². The molecule has 0 aliphatic carbocycles. The molecule has 0 saturated carbocycles. The molecule has 2 aromatic rings. The van der Waals surface area contributed by atoms with Crippen LogP contribution < -0.4 is 14.9 Å². The zero-order chi connectivity index (χ0) is 17.1. The second-order valence-corrected chi connectivity index (χ2v) is 6.13. The SMILES string of the molecule is Cc1cc(Br)cc(/C=N/NC(=O)c2ccc3c(c2)OCCO3)c1O. The lowest BCUT2D eigenvalue weighted by molar-refractivity contribution is 0.0954. The Bertz CT molecular complexity index is 820. The van der Waals surface area contributed by atoms with Gasteiger partial charge in [-0.1, -0.05) is 15.9 Å². The summed E-state index contributed by atoms with van der Waals surface area (Å²) in [7, 11) is 0.